The molecule has 0 fully saturated rings. The van der Waals surface area contributed by atoms with E-state index in [1.165, 1.54) is 0 Å². The quantitative estimate of drug-likeness (QED) is 0.406. The molecule has 0 amide bonds. The van der Waals surface area contributed by atoms with Crippen molar-refractivity contribution < 1.29 is 0 Å². The van der Waals surface area contributed by atoms with E-state index < -0.39 is 0 Å². The molecule has 0 aliphatic rings. The van der Waals surface area contributed by atoms with Crippen molar-refractivity contribution in [1.29, 1.82) is 0 Å². The molecule has 0 bridgehead atoms. The second-order valence-corrected chi connectivity index (χ2v) is 8.87. The molecule has 2 aromatic carbocycles. The molecule has 0 aliphatic carbocycles. The number of hydrogen-bond acceptors (Lipinski definition) is 6. The maximum absolute atomic E-state index is 12.7. The third-order valence-corrected chi connectivity index (χ3v) is 6.84. The van der Waals surface area contributed by atoms with Crippen LogP contribution in [0.2, 0.25) is 0 Å². The highest BCUT2D eigenvalue weighted by Crippen LogP contribution is 2.30. The van der Waals surface area contributed by atoms with Crippen molar-refractivity contribution in [2.45, 2.75) is 17.0 Å². The molecule has 0 saturated heterocycles. The summed E-state index contributed by atoms with van der Waals surface area (Å²) in [6.07, 6.45) is 0. The van der Waals surface area contributed by atoms with Gasteiger partial charge in [-0.25, -0.2) is 4.98 Å². The molecule has 144 valence electrons. The topological polar surface area (TPSA) is 65.1 Å². The summed E-state index contributed by atoms with van der Waals surface area (Å²) in [5.74, 6) is 1.96. The van der Waals surface area contributed by atoms with Gasteiger partial charge in [0.05, 0.1) is 22.3 Å². The van der Waals surface area contributed by atoms with Gasteiger partial charge < -0.3 is 0 Å². The maximum atomic E-state index is 12.7. The Kier molecular flexibility index (Phi) is 4.44. The van der Waals surface area contributed by atoms with Gasteiger partial charge in [0.25, 0.3) is 5.56 Å². The normalized spacial score (nSPS) is 11.5. The average Bonchev–Trinajstić information content (AvgIpc) is 3.38. The molecular weight excluding hydrogens is 402 g/mol. The van der Waals surface area contributed by atoms with Crippen LogP contribution in [-0.4, -0.2) is 24.1 Å². The second-order valence-electron chi connectivity index (χ2n) is 6.79. The summed E-state index contributed by atoms with van der Waals surface area (Å²) < 4.78 is 4.50. The largest absolute Gasteiger partial charge is 0.279 e. The Morgan fingerprint density at radius 2 is 1.93 bits per heavy atom. The van der Waals surface area contributed by atoms with Crippen molar-refractivity contribution in [2.24, 2.45) is 7.05 Å². The number of hydrogen-bond donors (Lipinski definition) is 0. The number of aryl methyl sites for hydroxylation is 2. The molecule has 3 aromatic heterocycles. The Morgan fingerprint density at radius 3 is 2.76 bits per heavy atom. The summed E-state index contributed by atoms with van der Waals surface area (Å²) in [7, 11) is 1.73. The molecule has 8 heteroatoms. The molecule has 3 heterocycles. The van der Waals surface area contributed by atoms with E-state index in [0.29, 0.717) is 16.9 Å². The van der Waals surface area contributed by atoms with Crippen LogP contribution >= 0.6 is 23.1 Å². The van der Waals surface area contributed by atoms with Gasteiger partial charge in [-0.15, -0.1) is 21.5 Å². The molecule has 0 radical (unpaired) electrons. The van der Waals surface area contributed by atoms with E-state index >= 15 is 0 Å². The molecule has 0 saturated carbocycles. The number of fused-ring (bicyclic) bond motifs is 3. The van der Waals surface area contributed by atoms with Crippen molar-refractivity contribution >= 4 is 39.8 Å². The maximum Gasteiger partial charge on any atom is 0.262 e. The van der Waals surface area contributed by atoms with E-state index in [1.54, 1.807) is 34.7 Å². The van der Waals surface area contributed by atoms with Crippen molar-refractivity contribution in [3.05, 3.63) is 75.7 Å². The van der Waals surface area contributed by atoms with Crippen molar-refractivity contribution in [3.8, 4) is 11.3 Å². The molecule has 0 unspecified atom stereocenters. The fourth-order valence-electron chi connectivity index (χ4n) is 3.34. The first-order valence-electron chi connectivity index (χ1n) is 9.09. The summed E-state index contributed by atoms with van der Waals surface area (Å²) in [6.45, 7) is 1.98. The first-order valence-corrected chi connectivity index (χ1v) is 11.0. The summed E-state index contributed by atoms with van der Waals surface area (Å²) in [5, 5.41) is 11.4. The lowest BCUT2D eigenvalue weighted by molar-refractivity contribution is 0.857. The highest BCUT2D eigenvalue weighted by molar-refractivity contribution is 8.00. The van der Waals surface area contributed by atoms with Crippen LogP contribution in [-0.2, 0) is 12.8 Å². The van der Waals surface area contributed by atoms with Crippen LogP contribution in [0.1, 0.15) is 11.4 Å². The Hall–Kier alpha value is -2.97. The first-order chi connectivity index (χ1) is 14.1. The predicted octanol–water partition coefficient (Wildman–Crippen LogP) is 4.31. The minimum absolute atomic E-state index is 0.0600. The average molecular weight is 420 g/mol. The lowest BCUT2D eigenvalue weighted by atomic mass is 10.1. The van der Waals surface area contributed by atoms with Gasteiger partial charge in [-0.05, 0) is 19.1 Å². The molecular formula is C21H17N5OS2. The highest BCUT2D eigenvalue weighted by Gasteiger charge is 2.15. The number of thiazole rings is 1. The SMILES string of the molecule is Cc1ccc2c(c1)c(=O)n(C)c1nnc(CSc3nc(-c4ccccc4)cs3)n21. The summed E-state index contributed by atoms with van der Waals surface area (Å²) in [6, 6.07) is 16.0. The van der Waals surface area contributed by atoms with Crippen molar-refractivity contribution in [3.63, 3.8) is 0 Å². The standard InChI is InChI=1S/C21H17N5OS2/c1-13-8-9-17-15(10-13)19(27)25(2)20-24-23-18(26(17)20)12-29-21-22-16(11-28-21)14-6-4-3-5-7-14/h3-11H,12H2,1-2H3. The van der Waals surface area contributed by atoms with Crippen LogP contribution in [0.25, 0.3) is 27.9 Å². The molecule has 5 aromatic rings. The predicted molar refractivity (Wildman–Crippen MR) is 118 cm³/mol. The molecule has 0 spiro atoms. The lowest BCUT2D eigenvalue weighted by Crippen LogP contribution is -2.20. The van der Waals surface area contributed by atoms with Gasteiger partial charge in [0, 0.05) is 18.0 Å². The number of benzene rings is 2. The first kappa shape index (κ1) is 18.1. The smallest absolute Gasteiger partial charge is 0.262 e. The van der Waals surface area contributed by atoms with Crippen LogP contribution in [0.15, 0.2) is 63.0 Å². The fraction of sp³-hybridized carbons (Fsp3) is 0.143. The summed E-state index contributed by atoms with van der Waals surface area (Å²) in [5.41, 5.74) is 3.91. The third kappa shape index (κ3) is 3.14. The molecule has 5 rings (SSSR count). The summed E-state index contributed by atoms with van der Waals surface area (Å²) in [4.78, 5) is 17.4. The molecule has 0 aliphatic heterocycles. The van der Waals surface area contributed by atoms with Gasteiger partial charge in [0.2, 0.25) is 5.78 Å². The lowest BCUT2D eigenvalue weighted by Gasteiger charge is -2.08. The van der Waals surface area contributed by atoms with Crippen LogP contribution in [0.4, 0.5) is 0 Å². The van der Waals surface area contributed by atoms with E-state index in [4.69, 9.17) is 4.98 Å². The fourth-order valence-corrected chi connectivity index (χ4v) is 5.09. The highest BCUT2D eigenvalue weighted by atomic mass is 32.2. The summed E-state index contributed by atoms with van der Waals surface area (Å²) >= 11 is 3.25. The molecule has 6 nitrogen and oxygen atoms in total. The minimum Gasteiger partial charge on any atom is -0.279 e. The number of thioether (sulfide) groups is 1. The number of rotatable bonds is 4. The second kappa shape index (κ2) is 7.13. The molecule has 0 atom stereocenters. The monoisotopic (exact) mass is 419 g/mol. The van der Waals surface area contributed by atoms with E-state index in [1.807, 2.05) is 47.7 Å². The van der Waals surface area contributed by atoms with Gasteiger partial charge in [0.15, 0.2) is 4.34 Å². The zero-order valence-electron chi connectivity index (χ0n) is 15.9. The van der Waals surface area contributed by atoms with E-state index in [0.717, 1.165) is 32.5 Å². The zero-order chi connectivity index (χ0) is 20.0. The van der Waals surface area contributed by atoms with Crippen LogP contribution in [0.3, 0.4) is 0 Å². The van der Waals surface area contributed by atoms with E-state index in [9.17, 15) is 4.79 Å². The van der Waals surface area contributed by atoms with Gasteiger partial charge in [-0.1, -0.05) is 53.7 Å². The Bertz CT molecular complexity index is 1400. The number of aromatic nitrogens is 5. The minimum atomic E-state index is -0.0600. The number of nitrogens with zero attached hydrogens (tertiary/aromatic N) is 5. The van der Waals surface area contributed by atoms with Crippen molar-refractivity contribution in [1.82, 2.24) is 24.1 Å². The van der Waals surface area contributed by atoms with Gasteiger partial charge in [-0.3, -0.25) is 13.8 Å². The Balaban J connectivity index is 1.51. The van der Waals surface area contributed by atoms with Crippen LogP contribution < -0.4 is 5.56 Å². The third-order valence-electron chi connectivity index (χ3n) is 4.82. The Labute approximate surface area is 174 Å². The van der Waals surface area contributed by atoms with Crippen LogP contribution in [0.5, 0.6) is 0 Å². The van der Waals surface area contributed by atoms with Gasteiger partial charge in [0.1, 0.15) is 5.82 Å². The van der Waals surface area contributed by atoms with Gasteiger partial charge >= 0.3 is 0 Å². The molecule has 0 N–H and O–H groups in total. The zero-order valence-corrected chi connectivity index (χ0v) is 17.5. The van der Waals surface area contributed by atoms with E-state index in [-0.39, 0.29) is 5.56 Å². The van der Waals surface area contributed by atoms with Gasteiger partial charge in [-0.2, -0.15) is 0 Å². The van der Waals surface area contributed by atoms with Crippen molar-refractivity contribution in [2.75, 3.05) is 0 Å². The Morgan fingerprint density at radius 1 is 1.10 bits per heavy atom. The van der Waals surface area contributed by atoms with Crippen LogP contribution in [0, 0.1) is 6.92 Å². The van der Waals surface area contributed by atoms with E-state index in [2.05, 4.69) is 27.7 Å². The molecule has 29 heavy (non-hydrogen) atoms.